The van der Waals surface area contributed by atoms with E-state index in [0.717, 1.165) is 0 Å². The first-order chi connectivity index (χ1) is 7.47. The van der Waals surface area contributed by atoms with Gasteiger partial charge in [-0.05, 0) is 29.5 Å². The molecule has 1 atom stereocenters. The third-order valence-electron chi connectivity index (χ3n) is 2.57. The van der Waals surface area contributed by atoms with Crippen LogP contribution < -0.4 is 4.74 Å². The Balaban J connectivity index is 2.37. The number of halogens is 3. The van der Waals surface area contributed by atoms with Crippen molar-refractivity contribution in [3.05, 3.63) is 9.26 Å². The van der Waals surface area contributed by atoms with Gasteiger partial charge in [0.15, 0.2) is 0 Å². The molecule has 0 unspecified atom stereocenters. The van der Waals surface area contributed by atoms with Gasteiger partial charge in [0.2, 0.25) is 5.88 Å². The van der Waals surface area contributed by atoms with Crippen molar-refractivity contribution in [1.29, 1.82) is 0 Å². The van der Waals surface area contributed by atoms with Crippen molar-refractivity contribution in [2.75, 3.05) is 13.7 Å². The summed E-state index contributed by atoms with van der Waals surface area (Å²) in [6, 6.07) is 0. The molecule has 0 saturated carbocycles. The molecule has 90 valence electrons. The Labute approximate surface area is 105 Å². The van der Waals surface area contributed by atoms with E-state index in [2.05, 4.69) is 5.10 Å². The fraction of sp³-hybridized carbons (Fsp3) is 0.667. The molecule has 0 aliphatic carbocycles. The van der Waals surface area contributed by atoms with Crippen LogP contribution in [-0.2, 0) is 11.3 Å². The number of methoxy groups -OCH3 is 1. The number of fused-ring (bicyclic) bond motifs is 1. The van der Waals surface area contributed by atoms with Gasteiger partial charge in [-0.3, -0.25) is 0 Å². The Morgan fingerprint density at radius 2 is 2.31 bits per heavy atom. The summed E-state index contributed by atoms with van der Waals surface area (Å²) in [5.41, 5.74) is -0.738. The molecule has 1 aromatic heterocycles. The number of alkyl halides is 2. The fourth-order valence-electron chi connectivity index (χ4n) is 1.53. The maximum Gasteiger partial charge on any atom is 0.283 e. The lowest BCUT2D eigenvalue weighted by atomic mass is 10.1. The molecule has 0 spiro atoms. The van der Waals surface area contributed by atoms with E-state index in [1.165, 1.54) is 4.68 Å². The Hall–Kier alpha value is -0.440. The molecule has 2 rings (SSSR count). The van der Waals surface area contributed by atoms with Crippen molar-refractivity contribution < 1.29 is 18.3 Å². The number of rotatable bonds is 2. The lowest BCUT2D eigenvalue weighted by Crippen LogP contribution is -2.43. The number of ether oxygens (including phenoxy) is 2. The number of aromatic nitrogens is 2. The Kier molecular flexibility index (Phi) is 3.08. The molecule has 0 fully saturated rings. The predicted octanol–water partition coefficient (Wildman–Crippen LogP) is 2.22. The van der Waals surface area contributed by atoms with Crippen molar-refractivity contribution in [1.82, 2.24) is 9.78 Å². The van der Waals surface area contributed by atoms with Crippen molar-refractivity contribution in [3.63, 3.8) is 0 Å². The molecule has 16 heavy (non-hydrogen) atoms. The van der Waals surface area contributed by atoms with E-state index in [9.17, 15) is 8.78 Å². The minimum Gasteiger partial charge on any atom is -0.474 e. The SMILES string of the molecule is CO[C@]1(C)COc2c(I)c(C(F)F)nn2C1. The Morgan fingerprint density at radius 3 is 2.88 bits per heavy atom. The van der Waals surface area contributed by atoms with E-state index in [0.29, 0.717) is 22.6 Å². The van der Waals surface area contributed by atoms with Crippen molar-refractivity contribution in [2.24, 2.45) is 0 Å². The maximum absolute atomic E-state index is 12.6. The molecule has 1 aliphatic heterocycles. The molecule has 2 heterocycles. The molecule has 1 aromatic rings. The standard InChI is InChI=1S/C9H11F2IN2O2/c1-9(15-2)3-14-8(16-4-9)5(12)6(13-14)7(10)11/h7H,3-4H2,1-2H3/t9-/m0/s1. The summed E-state index contributed by atoms with van der Waals surface area (Å²) in [7, 11) is 1.57. The van der Waals surface area contributed by atoms with Crippen LogP contribution in [0.3, 0.4) is 0 Å². The van der Waals surface area contributed by atoms with Crippen molar-refractivity contribution in [3.8, 4) is 5.88 Å². The average Bonchev–Trinajstić information content (AvgIpc) is 2.55. The summed E-state index contributed by atoms with van der Waals surface area (Å²) in [5, 5.41) is 3.85. The van der Waals surface area contributed by atoms with Crippen LogP contribution in [-0.4, -0.2) is 29.1 Å². The van der Waals surface area contributed by atoms with Gasteiger partial charge in [-0.25, -0.2) is 13.5 Å². The highest BCUT2D eigenvalue weighted by molar-refractivity contribution is 14.1. The number of nitrogens with zero attached hydrogens (tertiary/aromatic N) is 2. The molecular weight excluding hydrogens is 333 g/mol. The van der Waals surface area contributed by atoms with Crippen molar-refractivity contribution >= 4 is 22.6 Å². The molecule has 0 amide bonds. The van der Waals surface area contributed by atoms with Crippen LogP contribution in [0.15, 0.2) is 0 Å². The van der Waals surface area contributed by atoms with E-state index >= 15 is 0 Å². The number of hydrogen-bond donors (Lipinski definition) is 0. The van der Waals surface area contributed by atoms with E-state index < -0.39 is 12.0 Å². The van der Waals surface area contributed by atoms with Crippen LogP contribution in [0.25, 0.3) is 0 Å². The second-order valence-corrected chi connectivity index (χ2v) is 4.98. The zero-order chi connectivity index (χ0) is 11.9. The van der Waals surface area contributed by atoms with E-state index in [1.807, 2.05) is 29.5 Å². The highest BCUT2D eigenvalue weighted by atomic mass is 127. The normalized spacial score (nSPS) is 24.4. The van der Waals surface area contributed by atoms with E-state index in [4.69, 9.17) is 9.47 Å². The third-order valence-corrected chi connectivity index (χ3v) is 3.59. The van der Waals surface area contributed by atoms with E-state index in [1.54, 1.807) is 7.11 Å². The number of hydrogen-bond acceptors (Lipinski definition) is 3. The minimum absolute atomic E-state index is 0.226. The van der Waals surface area contributed by atoms with Gasteiger partial charge in [0, 0.05) is 7.11 Å². The zero-order valence-corrected chi connectivity index (χ0v) is 11.0. The smallest absolute Gasteiger partial charge is 0.283 e. The topological polar surface area (TPSA) is 36.3 Å². The molecule has 1 aliphatic rings. The van der Waals surface area contributed by atoms with Crippen LogP contribution in [0.5, 0.6) is 5.88 Å². The van der Waals surface area contributed by atoms with Crippen LogP contribution in [0.1, 0.15) is 19.0 Å². The van der Waals surface area contributed by atoms with Gasteiger partial charge in [0.1, 0.15) is 21.5 Å². The summed E-state index contributed by atoms with van der Waals surface area (Å²) in [6.45, 7) is 2.61. The molecular formula is C9H11F2IN2O2. The fourth-order valence-corrected chi connectivity index (χ4v) is 2.31. The largest absolute Gasteiger partial charge is 0.474 e. The first-order valence-electron chi connectivity index (χ1n) is 4.69. The van der Waals surface area contributed by atoms with Gasteiger partial charge in [-0.1, -0.05) is 0 Å². The summed E-state index contributed by atoms with van der Waals surface area (Å²) < 4.78 is 37.8. The van der Waals surface area contributed by atoms with Gasteiger partial charge in [0.05, 0.1) is 6.54 Å². The van der Waals surface area contributed by atoms with Crippen molar-refractivity contribution in [2.45, 2.75) is 25.5 Å². The third kappa shape index (κ3) is 1.90. The van der Waals surface area contributed by atoms with Gasteiger partial charge in [-0.2, -0.15) is 5.10 Å². The Morgan fingerprint density at radius 1 is 1.62 bits per heavy atom. The predicted molar refractivity (Wildman–Crippen MR) is 60.8 cm³/mol. The molecule has 0 aromatic carbocycles. The average molecular weight is 344 g/mol. The monoisotopic (exact) mass is 344 g/mol. The molecule has 4 nitrogen and oxygen atoms in total. The summed E-state index contributed by atoms with van der Waals surface area (Å²) in [6.07, 6.45) is -2.58. The summed E-state index contributed by atoms with van der Waals surface area (Å²) in [5.74, 6) is 0.408. The molecule has 0 N–H and O–H groups in total. The first kappa shape index (κ1) is 12.0. The maximum atomic E-state index is 12.6. The highest BCUT2D eigenvalue weighted by Crippen LogP contribution is 2.35. The summed E-state index contributed by atoms with van der Waals surface area (Å²) in [4.78, 5) is 0. The zero-order valence-electron chi connectivity index (χ0n) is 8.84. The second kappa shape index (κ2) is 4.10. The lowest BCUT2D eigenvalue weighted by molar-refractivity contribution is -0.0648. The quantitative estimate of drug-likeness (QED) is 0.772. The van der Waals surface area contributed by atoms with Gasteiger partial charge >= 0.3 is 0 Å². The second-order valence-electron chi connectivity index (χ2n) is 3.91. The molecule has 0 radical (unpaired) electrons. The van der Waals surface area contributed by atoms with Crippen LogP contribution in [0.4, 0.5) is 8.78 Å². The lowest BCUT2D eigenvalue weighted by Gasteiger charge is -2.32. The summed E-state index contributed by atoms with van der Waals surface area (Å²) >= 11 is 1.83. The van der Waals surface area contributed by atoms with Gasteiger partial charge in [0.25, 0.3) is 6.43 Å². The minimum atomic E-state index is -2.58. The van der Waals surface area contributed by atoms with E-state index in [-0.39, 0.29) is 5.69 Å². The van der Waals surface area contributed by atoms with Gasteiger partial charge in [-0.15, -0.1) is 0 Å². The van der Waals surface area contributed by atoms with Crippen LogP contribution >= 0.6 is 22.6 Å². The van der Waals surface area contributed by atoms with Gasteiger partial charge < -0.3 is 9.47 Å². The Bertz CT molecular complexity index is 410. The molecule has 0 saturated heterocycles. The molecule has 0 bridgehead atoms. The van der Waals surface area contributed by atoms with Crippen LogP contribution in [0, 0.1) is 3.57 Å². The highest BCUT2D eigenvalue weighted by Gasteiger charge is 2.35. The first-order valence-corrected chi connectivity index (χ1v) is 5.77. The van der Waals surface area contributed by atoms with Crippen LogP contribution in [0.2, 0.25) is 0 Å². The molecule has 7 heteroatoms.